The number of hydrogen-bond donors (Lipinski definition) is 1. The summed E-state index contributed by atoms with van der Waals surface area (Å²) >= 11 is 0. The quantitative estimate of drug-likeness (QED) is 0.564. The van der Waals surface area contributed by atoms with E-state index in [1.54, 1.807) is 28.1 Å². The summed E-state index contributed by atoms with van der Waals surface area (Å²) in [5.74, 6) is -0.180. The molecule has 0 unspecified atom stereocenters. The van der Waals surface area contributed by atoms with Crippen molar-refractivity contribution in [1.29, 1.82) is 0 Å². The number of benzene rings is 2. The maximum Gasteiger partial charge on any atom is 0.255 e. The van der Waals surface area contributed by atoms with Gasteiger partial charge in [-0.15, -0.1) is 0 Å². The maximum atomic E-state index is 13.0. The Hall–Kier alpha value is -3.74. The predicted molar refractivity (Wildman–Crippen MR) is 105 cm³/mol. The molecule has 28 heavy (non-hydrogen) atoms. The van der Waals surface area contributed by atoms with Gasteiger partial charge in [-0.2, -0.15) is 20.1 Å². The fourth-order valence-electron chi connectivity index (χ4n) is 3.12. The Kier molecular flexibility index (Phi) is 4.97. The van der Waals surface area contributed by atoms with E-state index < -0.39 is 0 Å². The molecule has 0 spiro atoms. The van der Waals surface area contributed by atoms with Crippen LogP contribution in [0.2, 0.25) is 0 Å². The Balaban J connectivity index is 1.59. The number of rotatable bonds is 6. The van der Waals surface area contributed by atoms with Crippen molar-refractivity contribution in [3.63, 3.8) is 0 Å². The first-order valence-corrected chi connectivity index (χ1v) is 9.02. The summed E-state index contributed by atoms with van der Waals surface area (Å²) in [6.07, 6.45) is 4.85. The summed E-state index contributed by atoms with van der Waals surface area (Å²) in [5.41, 5.74) is 3.23. The average Bonchev–Trinajstić information content (AvgIpc) is 3.38. The van der Waals surface area contributed by atoms with Crippen LogP contribution in [0.5, 0.6) is 0 Å². The number of hydrogen-bond acceptors (Lipinski definition) is 4. The van der Waals surface area contributed by atoms with Gasteiger partial charge in [0.15, 0.2) is 0 Å². The normalized spacial score (nSPS) is 11.9. The molecule has 1 atom stereocenters. The van der Waals surface area contributed by atoms with Gasteiger partial charge in [0, 0.05) is 0 Å². The van der Waals surface area contributed by atoms with E-state index in [0.717, 1.165) is 16.9 Å². The molecule has 0 saturated heterocycles. The lowest BCUT2D eigenvalue weighted by molar-refractivity contribution is 0.0930. The fourth-order valence-corrected chi connectivity index (χ4v) is 3.12. The molecule has 0 aliphatic rings. The largest absolute Gasteiger partial charge is 0.343 e. The van der Waals surface area contributed by atoms with Crippen LogP contribution in [0.25, 0.3) is 5.69 Å². The van der Waals surface area contributed by atoms with Gasteiger partial charge in [-0.05, 0) is 24.6 Å². The molecule has 4 rings (SSSR count). The second kappa shape index (κ2) is 7.87. The molecule has 0 radical (unpaired) electrons. The summed E-state index contributed by atoms with van der Waals surface area (Å²) in [5, 5.41) is 15.8. The molecule has 1 N–H and O–H groups in total. The highest BCUT2D eigenvalue weighted by molar-refractivity contribution is 5.95. The molecule has 7 heteroatoms. The number of carbonyl (C=O) groups is 1. The molecule has 0 fully saturated rings. The summed E-state index contributed by atoms with van der Waals surface area (Å²) in [6, 6.07) is 19.3. The summed E-state index contributed by atoms with van der Waals surface area (Å²) in [6.45, 7) is 2.33. The Labute approximate surface area is 162 Å². The molecule has 0 aliphatic carbocycles. The molecule has 0 saturated carbocycles. The first kappa shape index (κ1) is 17.7. The number of aromatic nitrogens is 5. The van der Waals surface area contributed by atoms with E-state index in [9.17, 15) is 4.79 Å². The van der Waals surface area contributed by atoms with Crippen molar-refractivity contribution >= 4 is 5.91 Å². The van der Waals surface area contributed by atoms with E-state index in [4.69, 9.17) is 0 Å². The first-order valence-electron chi connectivity index (χ1n) is 9.02. The van der Waals surface area contributed by atoms with Crippen molar-refractivity contribution in [2.24, 2.45) is 0 Å². The number of nitrogens with one attached hydrogen (secondary N) is 1. The van der Waals surface area contributed by atoms with E-state index in [1.807, 2.05) is 67.6 Å². The zero-order valence-electron chi connectivity index (χ0n) is 15.4. The van der Waals surface area contributed by atoms with Gasteiger partial charge in [-0.3, -0.25) is 4.79 Å². The van der Waals surface area contributed by atoms with Gasteiger partial charge in [0.2, 0.25) is 0 Å². The monoisotopic (exact) mass is 372 g/mol. The van der Waals surface area contributed by atoms with Crippen LogP contribution in [0.1, 0.15) is 27.7 Å². The zero-order valence-corrected chi connectivity index (χ0v) is 15.4. The maximum absolute atomic E-state index is 13.0. The predicted octanol–water partition coefficient (Wildman–Crippen LogP) is 2.94. The third kappa shape index (κ3) is 3.68. The molecular formula is C21H20N6O. The van der Waals surface area contributed by atoms with Gasteiger partial charge in [0.1, 0.15) is 0 Å². The van der Waals surface area contributed by atoms with Gasteiger partial charge in [0.25, 0.3) is 5.91 Å². The number of nitrogens with zero attached hydrogens (tertiary/aromatic N) is 5. The molecule has 2 heterocycles. The van der Waals surface area contributed by atoms with E-state index in [-0.39, 0.29) is 11.9 Å². The fraction of sp³-hybridized carbons (Fsp3) is 0.143. The highest BCUT2D eigenvalue weighted by Crippen LogP contribution is 2.18. The average molecular weight is 372 g/mol. The Morgan fingerprint density at radius 3 is 2.29 bits per heavy atom. The minimum absolute atomic E-state index is 0.180. The second-order valence-corrected chi connectivity index (χ2v) is 6.41. The lowest BCUT2D eigenvalue weighted by Crippen LogP contribution is -2.32. The Bertz CT molecular complexity index is 1040. The molecular weight excluding hydrogens is 352 g/mol. The molecule has 0 bridgehead atoms. The Morgan fingerprint density at radius 1 is 0.964 bits per heavy atom. The van der Waals surface area contributed by atoms with Crippen LogP contribution in [0.15, 0.2) is 79.3 Å². The van der Waals surface area contributed by atoms with Crippen molar-refractivity contribution in [3.05, 3.63) is 96.1 Å². The van der Waals surface area contributed by atoms with Crippen LogP contribution in [-0.2, 0) is 6.54 Å². The lowest BCUT2D eigenvalue weighted by atomic mass is 10.1. The Morgan fingerprint density at radius 2 is 1.61 bits per heavy atom. The number of carbonyl (C=O) groups excluding carboxylic acids is 1. The van der Waals surface area contributed by atoms with Crippen molar-refractivity contribution in [3.8, 4) is 5.69 Å². The number of amides is 1. The standard InChI is InChI=1S/C21H20N6O/c1-16-19(14-24-27(16)18-10-6-3-7-11-18)21(28)25-20(15-26-22-12-13-23-26)17-8-4-2-5-9-17/h2-14,20H,15H2,1H3,(H,25,28)/t20-/m1/s1. The van der Waals surface area contributed by atoms with Crippen molar-refractivity contribution in [2.75, 3.05) is 0 Å². The van der Waals surface area contributed by atoms with Crippen LogP contribution in [-0.4, -0.2) is 30.7 Å². The first-order chi connectivity index (χ1) is 13.7. The van der Waals surface area contributed by atoms with Crippen molar-refractivity contribution in [2.45, 2.75) is 19.5 Å². The van der Waals surface area contributed by atoms with E-state index in [1.165, 1.54) is 0 Å². The second-order valence-electron chi connectivity index (χ2n) is 6.41. The molecule has 0 aliphatic heterocycles. The zero-order chi connectivity index (χ0) is 19.3. The minimum Gasteiger partial charge on any atom is -0.343 e. The third-order valence-corrected chi connectivity index (χ3v) is 4.57. The van der Waals surface area contributed by atoms with Crippen LogP contribution in [0.4, 0.5) is 0 Å². The van der Waals surface area contributed by atoms with Gasteiger partial charge in [-0.25, -0.2) is 4.68 Å². The third-order valence-electron chi connectivity index (χ3n) is 4.57. The molecule has 1 amide bonds. The molecule has 4 aromatic rings. The van der Waals surface area contributed by atoms with E-state index in [2.05, 4.69) is 20.6 Å². The van der Waals surface area contributed by atoms with Crippen LogP contribution in [0.3, 0.4) is 0 Å². The van der Waals surface area contributed by atoms with Gasteiger partial charge < -0.3 is 5.32 Å². The molecule has 7 nitrogen and oxygen atoms in total. The molecule has 2 aromatic carbocycles. The van der Waals surface area contributed by atoms with Gasteiger partial charge in [-0.1, -0.05) is 48.5 Å². The highest BCUT2D eigenvalue weighted by atomic mass is 16.1. The number of para-hydroxylation sites is 1. The highest BCUT2D eigenvalue weighted by Gasteiger charge is 2.20. The smallest absolute Gasteiger partial charge is 0.255 e. The SMILES string of the molecule is Cc1c(C(=O)N[C@H](Cn2nccn2)c2ccccc2)cnn1-c1ccccc1. The molecule has 2 aromatic heterocycles. The van der Waals surface area contributed by atoms with Crippen molar-refractivity contribution < 1.29 is 4.79 Å². The van der Waals surface area contributed by atoms with Gasteiger partial charge >= 0.3 is 0 Å². The van der Waals surface area contributed by atoms with E-state index >= 15 is 0 Å². The lowest BCUT2D eigenvalue weighted by Gasteiger charge is -2.18. The van der Waals surface area contributed by atoms with Crippen LogP contribution >= 0.6 is 0 Å². The van der Waals surface area contributed by atoms with Crippen LogP contribution < -0.4 is 5.32 Å². The van der Waals surface area contributed by atoms with Crippen LogP contribution in [0, 0.1) is 6.92 Å². The minimum atomic E-state index is -0.263. The summed E-state index contributed by atoms with van der Waals surface area (Å²) in [4.78, 5) is 14.6. The van der Waals surface area contributed by atoms with E-state index in [0.29, 0.717) is 12.1 Å². The summed E-state index contributed by atoms with van der Waals surface area (Å²) in [7, 11) is 0. The summed E-state index contributed by atoms with van der Waals surface area (Å²) < 4.78 is 1.77. The van der Waals surface area contributed by atoms with Crippen molar-refractivity contribution in [1.82, 2.24) is 30.1 Å². The topological polar surface area (TPSA) is 77.6 Å². The van der Waals surface area contributed by atoms with Gasteiger partial charge in [0.05, 0.1) is 48.1 Å². The molecule has 140 valence electrons.